The van der Waals surface area contributed by atoms with Gasteiger partial charge in [-0.25, -0.2) is 4.79 Å². The minimum absolute atomic E-state index is 0.0910. The molecule has 1 atom stereocenters. The molecule has 0 saturated carbocycles. The second kappa shape index (κ2) is 10.3. The molecule has 0 aliphatic rings. The van der Waals surface area contributed by atoms with Gasteiger partial charge in [-0.2, -0.15) is 0 Å². The van der Waals surface area contributed by atoms with Crippen molar-refractivity contribution in [2.75, 3.05) is 0 Å². The van der Waals surface area contributed by atoms with Gasteiger partial charge in [-0.05, 0) is 12.8 Å². The van der Waals surface area contributed by atoms with E-state index in [-0.39, 0.29) is 18.7 Å². The molecule has 0 aromatic carbocycles. The number of aliphatic carboxylic acids is 2. The lowest BCUT2D eigenvalue weighted by Crippen LogP contribution is -2.41. The third-order valence-corrected chi connectivity index (χ3v) is 2.79. The number of unbranched alkanes of at least 4 members (excludes halogenated alkanes) is 4. The van der Waals surface area contributed by atoms with Crippen molar-refractivity contribution in [2.45, 2.75) is 64.3 Å². The van der Waals surface area contributed by atoms with E-state index in [0.717, 1.165) is 32.1 Å². The Bertz CT molecular complexity index is 303. The molecule has 1 amide bonds. The molecule has 1 unspecified atom stereocenters. The molecule has 0 rings (SSSR count). The van der Waals surface area contributed by atoms with Crippen LogP contribution in [0.3, 0.4) is 0 Å². The Morgan fingerprint density at radius 2 is 1.63 bits per heavy atom. The Morgan fingerprint density at radius 3 is 2.16 bits per heavy atom. The Labute approximate surface area is 113 Å². The van der Waals surface area contributed by atoms with Crippen molar-refractivity contribution in [3.05, 3.63) is 0 Å². The SMILES string of the molecule is CCCCCCCC(=O)NC(CCC(=O)O)C(=O)O. The molecule has 110 valence electrons. The fourth-order valence-corrected chi connectivity index (χ4v) is 1.68. The molecule has 0 fully saturated rings. The number of hydrogen-bond donors (Lipinski definition) is 3. The minimum Gasteiger partial charge on any atom is -0.481 e. The maximum atomic E-state index is 11.5. The molecular formula is C13H23NO5. The van der Waals surface area contributed by atoms with Crippen LogP contribution in [0.2, 0.25) is 0 Å². The van der Waals surface area contributed by atoms with E-state index in [1.807, 2.05) is 0 Å². The van der Waals surface area contributed by atoms with Gasteiger partial charge in [0.2, 0.25) is 5.91 Å². The molecule has 0 aliphatic heterocycles. The Kier molecular flexibility index (Phi) is 9.48. The van der Waals surface area contributed by atoms with Crippen LogP contribution in [0.15, 0.2) is 0 Å². The van der Waals surface area contributed by atoms with Gasteiger partial charge >= 0.3 is 11.9 Å². The predicted octanol–water partition coefficient (Wildman–Crippen LogP) is 1.78. The van der Waals surface area contributed by atoms with Crippen LogP contribution >= 0.6 is 0 Å². The number of nitrogens with one attached hydrogen (secondary N) is 1. The smallest absolute Gasteiger partial charge is 0.326 e. The average Bonchev–Trinajstić information content (AvgIpc) is 2.33. The Hall–Kier alpha value is -1.59. The fraction of sp³-hybridized carbons (Fsp3) is 0.769. The summed E-state index contributed by atoms with van der Waals surface area (Å²) in [5, 5.41) is 19.7. The predicted molar refractivity (Wildman–Crippen MR) is 69.8 cm³/mol. The first-order valence-electron chi connectivity index (χ1n) is 6.71. The third-order valence-electron chi connectivity index (χ3n) is 2.79. The highest BCUT2D eigenvalue weighted by molar-refractivity contribution is 5.83. The quantitative estimate of drug-likeness (QED) is 0.498. The fourth-order valence-electron chi connectivity index (χ4n) is 1.68. The maximum absolute atomic E-state index is 11.5. The first-order valence-corrected chi connectivity index (χ1v) is 6.71. The van der Waals surface area contributed by atoms with Crippen LogP contribution in [-0.2, 0) is 14.4 Å². The Morgan fingerprint density at radius 1 is 1.00 bits per heavy atom. The van der Waals surface area contributed by atoms with Gasteiger partial charge < -0.3 is 15.5 Å². The summed E-state index contributed by atoms with van der Waals surface area (Å²) in [5.74, 6) is -2.59. The van der Waals surface area contributed by atoms with Gasteiger partial charge in [0.05, 0.1) is 0 Å². The number of carbonyl (C=O) groups is 3. The van der Waals surface area contributed by atoms with Crippen LogP contribution < -0.4 is 5.32 Å². The van der Waals surface area contributed by atoms with Gasteiger partial charge in [-0.1, -0.05) is 32.6 Å². The van der Waals surface area contributed by atoms with E-state index in [0.29, 0.717) is 6.42 Å². The van der Waals surface area contributed by atoms with Gasteiger partial charge in [-0.3, -0.25) is 9.59 Å². The van der Waals surface area contributed by atoms with E-state index in [9.17, 15) is 14.4 Å². The summed E-state index contributed by atoms with van der Waals surface area (Å²) in [6, 6.07) is -1.11. The normalized spacial score (nSPS) is 11.8. The number of rotatable bonds is 11. The number of carboxylic acids is 2. The molecule has 0 bridgehead atoms. The second-order valence-corrected chi connectivity index (χ2v) is 4.55. The summed E-state index contributed by atoms with van der Waals surface area (Å²) in [4.78, 5) is 32.7. The van der Waals surface area contributed by atoms with E-state index in [1.54, 1.807) is 0 Å². The van der Waals surface area contributed by atoms with Gasteiger partial charge in [0.15, 0.2) is 0 Å². The van der Waals surface area contributed by atoms with E-state index in [1.165, 1.54) is 0 Å². The van der Waals surface area contributed by atoms with Gasteiger partial charge in [0.25, 0.3) is 0 Å². The van der Waals surface area contributed by atoms with E-state index < -0.39 is 18.0 Å². The lowest BCUT2D eigenvalue weighted by atomic mass is 10.1. The monoisotopic (exact) mass is 273 g/mol. The molecule has 0 heterocycles. The van der Waals surface area contributed by atoms with Crippen LogP contribution in [-0.4, -0.2) is 34.1 Å². The zero-order valence-electron chi connectivity index (χ0n) is 11.4. The van der Waals surface area contributed by atoms with Crippen molar-refractivity contribution >= 4 is 17.8 Å². The first kappa shape index (κ1) is 17.4. The van der Waals surface area contributed by atoms with Crippen molar-refractivity contribution < 1.29 is 24.6 Å². The minimum atomic E-state index is -1.19. The first-order chi connectivity index (χ1) is 8.97. The third kappa shape index (κ3) is 10.1. The second-order valence-electron chi connectivity index (χ2n) is 4.55. The van der Waals surface area contributed by atoms with E-state index in [2.05, 4.69) is 12.2 Å². The van der Waals surface area contributed by atoms with Gasteiger partial charge in [0.1, 0.15) is 6.04 Å². The summed E-state index contributed by atoms with van der Waals surface area (Å²) >= 11 is 0. The summed E-state index contributed by atoms with van der Waals surface area (Å²) in [6.45, 7) is 2.10. The zero-order chi connectivity index (χ0) is 14.7. The molecular weight excluding hydrogens is 250 g/mol. The molecule has 6 nitrogen and oxygen atoms in total. The van der Waals surface area contributed by atoms with Crippen molar-refractivity contribution in [2.24, 2.45) is 0 Å². The van der Waals surface area contributed by atoms with Crippen LogP contribution in [0.25, 0.3) is 0 Å². The lowest BCUT2D eigenvalue weighted by Gasteiger charge is -2.13. The number of carbonyl (C=O) groups excluding carboxylic acids is 1. The van der Waals surface area contributed by atoms with Crippen molar-refractivity contribution in [3.63, 3.8) is 0 Å². The standard InChI is InChI=1S/C13H23NO5/c1-2-3-4-5-6-7-11(15)14-10(13(18)19)8-9-12(16)17/h10H,2-9H2,1H3,(H,14,15)(H,16,17)(H,18,19). The van der Waals surface area contributed by atoms with Gasteiger partial charge in [-0.15, -0.1) is 0 Å². The number of amides is 1. The molecule has 6 heteroatoms. The molecule has 0 aromatic rings. The van der Waals surface area contributed by atoms with Crippen molar-refractivity contribution in [3.8, 4) is 0 Å². The highest BCUT2D eigenvalue weighted by Crippen LogP contribution is 2.05. The highest BCUT2D eigenvalue weighted by Gasteiger charge is 2.20. The summed E-state index contributed by atoms with van der Waals surface area (Å²) < 4.78 is 0. The van der Waals surface area contributed by atoms with Crippen molar-refractivity contribution in [1.82, 2.24) is 5.32 Å². The summed E-state index contributed by atoms with van der Waals surface area (Å²) in [7, 11) is 0. The largest absolute Gasteiger partial charge is 0.481 e. The molecule has 19 heavy (non-hydrogen) atoms. The molecule has 0 radical (unpaired) electrons. The average molecular weight is 273 g/mol. The maximum Gasteiger partial charge on any atom is 0.326 e. The van der Waals surface area contributed by atoms with E-state index >= 15 is 0 Å². The number of carboxylic acid groups (broad SMARTS) is 2. The summed E-state index contributed by atoms with van der Waals surface area (Å²) in [5.41, 5.74) is 0. The zero-order valence-corrected chi connectivity index (χ0v) is 11.4. The Balaban J connectivity index is 3.90. The van der Waals surface area contributed by atoms with E-state index in [4.69, 9.17) is 10.2 Å². The molecule has 0 aromatic heterocycles. The van der Waals surface area contributed by atoms with Crippen molar-refractivity contribution in [1.29, 1.82) is 0 Å². The topological polar surface area (TPSA) is 104 Å². The molecule has 0 aliphatic carbocycles. The molecule has 3 N–H and O–H groups in total. The van der Waals surface area contributed by atoms with Crippen LogP contribution in [0.1, 0.15) is 58.3 Å². The van der Waals surface area contributed by atoms with Crippen LogP contribution in [0.4, 0.5) is 0 Å². The van der Waals surface area contributed by atoms with Crippen LogP contribution in [0.5, 0.6) is 0 Å². The van der Waals surface area contributed by atoms with Gasteiger partial charge in [0, 0.05) is 12.8 Å². The molecule has 0 spiro atoms. The van der Waals surface area contributed by atoms with Crippen LogP contribution in [0, 0.1) is 0 Å². The molecule has 0 saturated heterocycles. The number of hydrogen-bond acceptors (Lipinski definition) is 3. The highest BCUT2D eigenvalue weighted by atomic mass is 16.4. The lowest BCUT2D eigenvalue weighted by molar-refractivity contribution is -0.143. The summed E-state index contributed by atoms with van der Waals surface area (Å²) in [6.07, 6.45) is 4.96.